The Kier molecular flexibility index (Phi) is 3.56. The van der Waals surface area contributed by atoms with E-state index in [0.29, 0.717) is 34.9 Å². The molecule has 6 heteroatoms. The molecule has 1 aliphatic carbocycles. The first-order chi connectivity index (χ1) is 11.9. The largest absolute Gasteiger partial charge is 0.487 e. The molecule has 0 bridgehead atoms. The summed E-state index contributed by atoms with van der Waals surface area (Å²) in [7, 11) is 0. The maximum Gasteiger partial charge on any atom is 0.259 e. The SMILES string of the molecule is CC1(C)CC(=O)c2cc(NC(=O)c3cncnc3C3CC3)ccc2O1. The molecule has 1 aromatic heterocycles. The molecular weight excluding hydrogens is 318 g/mol. The van der Waals surface area contributed by atoms with Crippen LogP contribution in [0.5, 0.6) is 5.75 Å². The third-order valence-corrected chi connectivity index (χ3v) is 4.46. The van der Waals surface area contributed by atoms with Crippen LogP contribution in [0.1, 0.15) is 65.4 Å². The Labute approximate surface area is 145 Å². The standard InChI is InChI=1S/C19H19N3O3/c1-19(2)8-15(23)13-7-12(5-6-16(13)25-19)22-18(24)14-9-20-10-21-17(14)11-3-4-11/h5-7,9-11H,3-4,8H2,1-2H3,(H,22,24). The van der Waals surface area contributed by atoms with Gasteiger partial charge in [0.2, 0.25) is 0 Å². The van der Waals surface area contributed by atoms with E-state index in [1.54, 1.807) is 24.4 Å². The van der Waals surface area contributed by atoms with Crippen LogP contribution in [-0.2, 0) is 0 Å². The van der Waals surface area contributed by atoms with Gasteiger partial charge in [0.25, 0.3) is 5.91 Å². The van der Waals surface area contributed by atoms with Gasteiger partial charge in [-0.25, -0.2) is 9.97 Å². The molecule has 2 aromatic rings. The Balaban J connectivity index is 1.59. The summed E-state index contributed by atoms with van der Waals surface area (Å²) in [6.07, 6.45) is 5.44. The molecule has 0 atom stereocenters. The van der Waals surface area contributed by atoms with E-state index in [4.69, 9.17) is 4.74 Å². The highest BCUT2D eigenvalue weighted by Gasteiger charge is 2.33. The van der Waals surface area contributed by atoms with Crippen molar-refractivity contribution in [1.82, 2.24) is 9.97 Å². The average molecular weight is 337 g/mol. The molecule has 0 radical (unpaired) electrons. The summed E-state index contributed by atoms with van der Waals surface area (Å²) >= 11 is 0. The number of fused-ring (bicyclic) bond motifs is 1. The molecule has 1 N–H and O–H groups in total. The van der Waals surface area contributed by atoms with Gasteiger partial charge in [-0.05, 0) is 44.9 Å². The molecule has 2 heterocycles. The molecule has 1 aliphatic heterocycles. The quantitative estimate of drug-likeness (QED) is 0.929. The molecule has 0 unspecified atom stereocenters. The number of hydrogen-bond acceptors (Lipinski definition) is 5. The van der Waals surface area contributed by atoms with Gasteiger partial charge in [0.15, 0.2) is 5.78 Å². The van der Waals surface area contributed by atoms with Gasteiger partial charge in [-0.1, -0.05) is 0 Å². The fraction of sp³-hybridized carbons (Fsp3) is 0.368. The van der Waals surface area contributed by atoms with Crippen molar-refractivity contribution in [3.05, 3.63) is 47.5 Å². The van der Waals surface area contributed by atoms with Crippen LogP contribution in [-0.4, -0.2) is 27.3 Å². The lowest BCUT2D eigenvalue weighted by Crippen LogP contribution is -2.35. The number of carbonyl (C=O) groups is 2. The molecule has 0 spiro atoms. The average Bonchev–Trinajstić information content (AvgIpc) is 3.39. The van der Waals surface area contributed by atoms with Crippen molar-refractivity contribution in [2.75, 3.05) is 5.32 Å². The lowest BCUT2D eigenvalue weighted by Gasteiger charge is -2.31. The first-order valence-electron chi connectivity index (χ1n) is 8.40. The second kappa shape index (κ2) is 5.65. The van der Waals surface area contributed by atoms with Crippen LogP contribution in [0.15, 0.2) is 30.7 Å². The summed E-state index contributed by atoms with van der Waals surface area (Å²) in [5, 5.41) is 2.85. The Morgan fingerprint density at radius 1 is 1.32 bits per heavy atom. The molecule has 0 saturated heterocycles. The van der Waals surface area contributed by atoms with Crippen molar-refractivity contribution < 1.29 is 14.3 Å². The third-order valence-electron chi connectivity index (χ3n) is 4.46. The van der Waals surface area contributed by atoms with Gasteiger partial charge in [0, 0.05) is 17.8 Å². The second-order valence-corrected chi connectivity index (χ2v) is 7.22. The predicted molar refractivity (Wildman–Crippen MR) is 92.1 cm³/mol. The second-order valence-electron chi connectivity index (χ2n) is 7.22. The molecular formula is C19H19N3O3. The minimum Gasteiger partial charge on any atom is -0.487 e. The fourth-order valence-corrected chi connectivity index (χ4v) is 3.12. The van der Waals surface area contributed by atoms with E-state index in [0.717, 1.165) is 18.5 Å². The minimum absolute atomic E-state index is 0.0177. The summed E-state index contributed by atoms with van der Waals surface area (Å²) in [6.45, 7) is 3.77. The number of rotatable bonds is 3. The Morgan fingerprint density at radius 2 is 2.12 bits per heavy atom. The molecule has 1 amide bonds. The van der Waals surface area contributed by atoms with E-state index in [1.165, 1.54) is 6.33 Å². The number of hydrogen-bond donors (Lipinski definition) is 1. The molecule has 1 saturated carbocycles. The van der Waals surface area contributed by atoms with Crippen molar-refractivity contribution in [2.24, 2.45) is 0 Å². The van der Waals surface area contributed by atoms with Crippen molar-refractivity contribution in [3.8, 4) is 5.75 Å². The number of amides is 1. The first-order valence-corrected chi connectivity index (χ1v) is 8.40. The summed E-state index contributed by atoms with van der Waals surface area (Å²) in [6, 6.07) is 5.14. The van der Waals surface area contributed by atoms with Crippen LogP contribution in [0.3, 0.4) is 0 Å². The van der Waals surface area contributed by atoms with Gasteiger partial charge in [-0.15, -0.1) is 0 Å². The van der Waals surface area contributed by atoms with Crippen molar-refractivity contribution in [1.29, 1.82) is 0 Å². The number of anilines is 1. The normalized spacial score (nSPS) is 18.2. The Bertz CT molecular complexity index is 872. The van der Waals surface area contributed by atoms with E-state index >= 15 is 0 Å². The molecule has 128 valence electrons. The highest BCUT2D eigenvalue weighted by molar-refractivity contribution is 6.06. The number of carbonyl (C=O) groups excluding carboxylic acids is 2. The summed E-state index contributed by atoms with van der Waals surface area (Å²) in [5.41, 5.74) is 1.85. The number of nitrogens with one attached hydrogen (secondary N) is 1. The van der Waals surface area contributed by atoms with Gasteiger partial charge in [0.05, 0.1) is 23.2 Å². The van der Waals surface area contributed by atoms with E-state index in [-0.39, 0.29) is 11.7 Å². The molecule has 2 aliphatic rings. The van der Waals surface area contributed by atoms with Crippen LogP contribution < -0.4 is 10.1 Å². The Hall–Kier alpha value is -2.76. The van der Waals surface area contributed by atoms with Gasteiger partial charge in [-0.2, -0.15) is 0 Å². The van der Waals surface area contributed by atoms with E-state index in [2.05, 4.69) is 15.3 Å². The van der Waals surface area contributed by atoms with Crippen LogP contribution in [0.25, 0.3) is 0 Å². The number of ketones is 1. The van der Waals surface area contributed by atoms with Crippen molar-refractivity contribution in [3.63, 3.8) is 0 Å². The fourth-order valence-electron chi connectivity index (χ4n) is 3.12. The zero-order chi connectivity index (χ0) is 17.6. The smallest absolute Gasteiger partial charge is 0.259 e. The van der Waals surface area contributed by atoms with Gasteiger partial charge in [0.1, 0.15) is 17.7 Å². The topological polar surface area (TPSA) is 81.2 Å². The van der Waals surface area contributed by atoms with Crippen LogP contribution in [0.4, 0.5) is 5.69 Å². The maximum absolute atomic E-state index is 12.6. The first kappa shape index (κ1) is 15.7. The third kappa shape index (κ3) is 3.12. The number of Topliss-reactive ketones (excluding diaryl/α,β-unsaturated/α-hetero) is 1. The number of ether oxygens (including phenoxy) is 1. The van der Waals surface area contributed by atoms with E-state index < -0.39 is 5.60 Å². The van der Waals surface area contributed by atoms with Gasteiger partial charge < -0.3 is 10.1 Å². The molecule has 6 nitrogen and oxygen atoms in total. The predicted octanol–water partition coefficient (Wildman–Crippen LogP) is 3.35. The highest BCUT2D eigenvalue weighted by Crippen LogP contribution is 2.40. The molecule has 25 heavy (non-hydrogen) atoms. The molecule has 1 fully saturated rings. The van der Waals surface area contributed by atoms with Crippen LogP contribution in [0.2, 0.25) is 0 Å². The monoisotopic (exact) mass is 337 g/mol. The number of benzene rings is 1. The maximum atomic E-state index is 12.6. The Morgan fingerprint density at radius 3 is 2.88 bits per heavy atom. The minimum atomic E-state index is -0.505. The lowest BCUT2D eigenvalue weighted by atomic mass is 9.93. The lowest BCUT2D eigenvalue weighted by molar-refractivity contribution is 0.0620. The summed E-state index contributed by atoms with van der Waals surface area (Å²) < 4.78 is 5.84. The van der Waals surface area contributed by atoms with Crippen LogP contribution >= 0.6 is 0 Å². The molecule has 1 aromatic carbocycles. The summed E-state index contributed by atoms with van der Waals surface area (Å²) in [5.74, 6) is 0.668. The zero-order valence-electron chi connectivity index (χ0n) is 14.2. The van der Waals surface area contributed by atoms with Crippen molar-refractivity contribution in [2.45, 2.75) is 44.6 Å². The van der Waals surface area contributed by atoms with Crippen LogP contribution in [0, 0.1) is 0 Å². The number of nitrogens with zero attached hydrogens (tertiary/aromatic N) is 2. The zero-order valence-corrected chi connectivity index (χ0v) is 14.2. The van der Waals surface area contributed by atoms with E-state index in [1.807, 2.05) is 13.8 Å². The number of aromatic nitrogens is 2. The van der Waals surface area contributed by atoms with E-state index in [9.17, 15) is 9.59 Å². The summed E-state index contributed by atoms with van der Waals surface area (Å²) in [4.78, 5) is 33.2. The molecule has 4 rings (SSSR count). The highest BCUT2D eigenvalue weighted by atomic mass is 16.5. The van der Waals surface area contributed by atoms with Crippen molar-refractivity contribution >= 4 is 17.4 Å². The van der Waals surface area contributed by atoms with Gasteiger partial charge in [-0.3, -0.25) is 9.59 Å². The van der Waals surface area contributed by atoms with Gasteiger partial charge >= 0.3 is 0 Å².